The lowest BCUT2D eigenvalue weighted by Crippen LogP contribution is -2.57. The highest BCUT2D eigenvalue weighted by Crippen LogP contribution is 2.36. The fourth-order valence-electron chi connectivity index (χ4n) is 4.78. The van der Waals surface area contributed by atoms with E-state index in [0.717, 1.165) is 16.3 Å². The number of piperidine rings is 1. The van der Waals surface area contributed by atoms with E-state index in [9.17, 15) is 19.0 Å². The van der Waals surface area contributed by atoms with Gasteiger partial charge in [0.25, 0.3) is 0 Å². The van der Waals surface area contributed by atoms with Crippen molar-refractivity contribution in [2.75, 3.05) is 41.4 Å². The predicted molar refractivity (Wildman–Crippen MR) is 134 cm³/mol. The molecule has 0 bridgehead atoms. The lowest BCUT2D eigenvalue weighted by atomic mass is 9.94. The number of anilines is 4. The summed E-state index contributed by atoms with van der Waals surface area (Å²) in [6.45, 7) is 5.82. The number of aliphatic hydroxyl groups is 2. The standard InChI is InChI=1S/C25H31F2N7O2/c1-14(12-35)17-9-30-23(34-11-19(26)15(34)2)18-10-29-22(8-16(17)18)31-21-4-6-28-24(32-21)33-7-5-20(36)25(3,27)13-33/h4,6,8-10,14-15,19-20,35-36H,5,7,11-13H2,1-3H3,(H,28,29,31,32)/t14-,15-,19-,20-,25+/m1/s1. The predicted octanol–water partition coefficient (Wildman–Crippen LogP) is 3.11. The van der Waals surface area contributed by atoms with Crippen LogP contribution in [0.5, 0.6) is 0 Å². The molecule has 0 amide bonds. The lowest BCUT2D eigenvalue weighted by Gasteiger charge is -2.43. The third kappa shape index (κ3) is 4.41. The normalized spacial score (nSPS) is 27.1. The maximum Gasteiger partial charge on any atom is 0.227 e. The zero-order chi connectivity index (χ0) is 25.6. The van der Waals surface area contributed by atoms with Crippen LogP contribution >= 0.6 is 0 Å². The summed E-state index contributed by atoms with van der Waals surface area (Å²) in [6.07, 6.45) is 3.42. The van der Waals surface area contributed by atoms with Crippen LogP contribution < -0.4 is 15.1 Å². The van der Waals surface area contributed by atoms with E-state index in [2.05, 4.69) is 25.3 Å². The van der Waals surface area contributed by atoms with Crippen LogP contribution in [0.4, 0.5) is 32.2 Å². The second-order valence-corrected chi connectivity index (χ2v) is 10.0. The molecule has 5 atom stereocenters. The molecule has 36 heavy (non-hydrogen) atoms. The van der Waals surface area contributed by atoms with E-state index < -0.39 is 17.9 Å². The number of nitrogens with zero attached hydrogens (tertiary/aromatic N) is 6. The van der Waals surface area contributed by atoms with Gasteiger partial charge in [0.1, 0.15) is 23.6 Å². The molecule has 0 unspecified atom stereocenters. The molecule has 0 saturated carbocycles. The quantitative estimate of drug-likeness (QED) is 0.471. The summed E-state index contributed by atoms with van der Waals surface area (Å²) >= 11 is 0. The molecule has 3 aromatic rings. The van der Waals surface area contributed by atoms with Crippen LogP contribution in [-0.4, -0.2) is 80.4 Å². The first kappa shape index (κ1) is 24.5. The van der Waals surface area contributed by atoms with Gasteiger partial charge in [0.05, 0.1) is 25.2 Å². The molecule has 192 valence electrons. The summed E-state index contributed by atoms with van der Waals surface area (Å²) in [5.41, 5.74) is -0.878. The van der Waals surface area contributed by atoms with Crippen molar-refractivity contribution in [3.8, 4) is 0 Å². The minimum Gasteiger partial charge on any atom is -0.396 e. The molecule has 2 aliphatic rings. The van der Waals surface area contributed by atoms with Gasteiger partial charge in [0.2, 0.25) is 5.95 Å². The van der Waals surface area contributed by atoms with Crippen molar-refractivity contribution in [3.05, 3.63) is 36.3 Å². The Kier molecular flexibility index (Phi) is 6.37. The third-order valence-corrected chi connectivity index (χ3v) is 7.29. The van der Waals surface area contributed by atoms with Gasteiger partial charge in [-0.3, -0.25) is 0 Å². The molecule has 2 aliphatic heterocycles. The smallest absolute Gasteiger partial charge is 0.227 e. The Morgan fingerprint density at radius 2 is 2.03 bits per heavy atom. The molecule has 9 nitrogen and oxygen atoms in total. The SMILES string of the molecule is C[C@H](CO)c1cnc(N2C[C@@H](F)[C@H]2C)c2cnc(Nc3ccnc(N4CC[C@@H](O)[C@@](C)(F)C4)n3)cc12. The van der Waals surface area contributed by atoms with Crippen molar-refractivity contribution in [2.45, 2.75) is 57.1 Å². The summed E-state index contributed by atoms with van der Waals surface area (Å²) in [7, 11) is 0. The van der Waals surface area contributed by atoms with Gasteiger partial charge in [-0.25, -0.2) is 23.7 Å². The molecule has 3 N–H and O–H groups in total. The molecule has 2 fully saturated rings. The van der Waals surface area contributed by atoms with E-state index in [1.165, 1.54) is 6.92 Å². The van der Waals surface area contributed by atoms with E-state index in [1.54, 1.807) is 29.6 Å². The Hall–Kier alpha value is -3.18. The number of aliphatic hydroxyl groups excluding tert-OH is 2. The average molecular weight is 500 g/mol. The molecule has 11 heteroatoms. The molecular formula is C25H31F2N7O2. The van der Waals surface area contributed by atoms with Crippen molar-refractivity contribution in [1.29, 1.82) is 0 Å². The molecule has 0 aliphatic carbocycles. The van der Waals surface area contributed by atoms with E-state index in [-0.39, 0.29) is 31.7 Å². The van der Waals surface area contributed by atoms with E-state index >= 15 is 0 Å². The number of hydrogen-bond acceptors (Lipinski definition) is 9. The van der Waals surface area contributed by atoms with Crippen LogP contribution in [0.25, 0.3) is 10.8 Å². The van der Waals surface area contributed by atoms with Crippen LogP contribution in [0, 0.1) is 0 Å². The van der Waals surface area contributed by atoms with Gasteiger partial charge in [-0.1, -0.05) is 6.92 Å². The van der Waals surface area contributed by atoms with Gasteiger partial charge in [0.15, 0.2) is 5.67 Å². The zero-order valence-corrected chi connectivity index (χ0v) is 20.6. The van der Waals surface area contributed by atoms with E-state index in [0.29, 0.717) is 36.4 Å². The van der Waals surface area contributed by atoms with E-state index in [4.69, 9.17) is 0 Å². The molecule has 3 aromatic heterocycles. The van der Waals surface area contributed by atoms with Gasteiger partial charge in [-0.2, -0.15) is 4.98 Å². The first-order chi connectivity index (χ1) is 17.2. The Labute approximate surface area is 208 Å². The second-order valence-electron chi connectivity index (χ2n) is 10.0. The van der Waals surface area contributed by atoms with Gasteiger partial charge in [-0.15, -0.1) is 0 Å². The highest BCUT2D eigenvalue weighted by Gasteiger charge is 2.40. The number of hydrogen-bond donors (Lipinski definition) is 3. The molecular weight excluding hydrogens is 468 g/mol. The van der Waals surface area contributed by atoms with Crippen LogP contribution in [0.1, 0.15) is 38.7 Å². The zero-order valence-electron chi connectivity index (χ0n) is 20.6. The monoisotopic (exact) mass is 499 g/mol. The van der Waals surface area contributed by atoms with Crippen molar-refractivity contribution in [2.24, 2.45) is 0 Å². The first-order valence-corrected chi connectivity index (χ1v) is 12.2. The van der Waals surface area contributed by atoms with Crippen molar-refractivity contribution < 1.29 is 19.0 Å². The summed E-state index contributed by atoms with van der Waals surface area (Å²) in [4.78, 5) is 21.6. The van der Waals surface area contributed by atoms with Crippen LogP contribution in [0.2, 0.25) is 0 Å². The number of aromatic nitrogens is 4. The summed E-state index contributed by atoms with van der Waals surface area (Å²) in [5.74, 6) is 1.90. The van der Waals surface area contributed by atoms with Gasteiger partial charge >= 0.3 is 0 Å². The van der Waals surface area contributed by atoms with Crippen molar-refractivity contribution >= 4 is 34.2 Å². The highest BCUT2D eigenvalue weighted by molar-refractivity contribution is 5.96. The maximum atomic E-state index is 14.7. The Morgan fingerprint density at radius 3 is 2.72 bits per heavy atom. The van der Waals surface area contributed by atoms with Crippen molar-refractivity contribution in [1.82, 2.24) is 19.9 Å². The second kappa shape index (κ2) is 9.36. The molecule has 5 heterocycles. The van der Waals surface area contributed by atoms with Crippen LogP contribution in [0.15, 0.2) is 30.7 Å². The number of rotatable bonds is 6. The topological polar surface area (TPSA) is 111 Å². The summed E-state index contributed by atoms with van der Waals surface area (Å²) < 4.78 is 28.5. The van der Waals surface area contributed by atoms with Gasteiger partial charge in [-0.05, 0) is 43.4 Å². The molecule has 0 aromatic carbocycles. The van der Waals surface area contributed by atoms with Gasteiger partial charge in [0, 0.05) is 43.0 Å². The largest absolute Gasteiger partial charge is 0.396 e. The van der Waals surface area contributed by atoms with Crippen LogP contribution in [-0.2, 0) is 0 Å². The number of alkyl halides is 2. The van der Waals surface area contributed by atoms with E-state index in [1.807, 2.05) is 24.8 Å². The van der Waals surface area contributed by atoms with Crippen LogP contribution in [0.3, 0.4) is 0 Å². The minimum absolute atomic E-state index is 0.00130. The molecule has 0 spiro atoms. The maximum absolute atomic E-state index is 14.7. The fourth-order valence-corrected chi connectivity index (χ4v) is 4.78. The Balaban J connectivity index is 1.45. The molecule has 5 rings (SSSR count). The summed E-state index contributed by atoms with van der Waals surface area (Å²) in [6, 6.07) is 3.30. The average Bonchev–Trinajstić information content (AvgIpc) is 2.87. The lowest BCUT2D eigenvalue weighted by molar-refractivity contribution is -0.00860. The first-order valence-electron chi connectivity index (χ1n) is 12.2. The van der Waals surface area contributed by atoms with Gasteiger partial charge < -0.3 is 25.3 Å². The molecule has 2 saturated heterocycles. The number of nitrogens with one attached hydrogen (secondary N) is 1. The summed E-state index contributed by atoms with van der Waals surface area (Å²) in [5, 5.41) is 24.5. The minimum atomic E-state index is -1.74. The number of halogens is 2. The van der Waals surface area contributed by atoms with Crippen molar-refractivity contribution in [3.63, 3.8) is 0 Å². The highest BCUT2D eigenvalue weighted by atomic mass is 19.1. The fraction of sp³-hybridized carbons (Fsp3) is 0.520. The number of pyridine rings is 2. The number of fused-ring (bicyclic) bond motifs is 1. The Morgan fingerprint density at radius 1 is 1.22 bits per heavy atom. The third-order valence-electron chi connectivity index (χ3n) is 7.29. The Bertz CT molecular complexity index is 1260. The molecule has 0 radical (unpaired) electrons.